The van der Waals surface area contributed by atoms with Gasteiger partial charge in [0.15, 0.2) is 0 Å². The molecule has 0 aliphatic rings. The average molecular weight is 216 g/mol. The molecule has 0 heterocycles. The molecule has 3 N–H and O–H groups in total. The number of nitrogens with one attached hydrogen (secondary N) is 1. The van der Waals surface area contributed by atoms with Crippen molar-refractivity contribution in [2.24, 2.45) is 5.73 Å². The molecule has 4 nitrogen and oxygen atoms in total. The van der Waals surface area contributed by atoms with Crippen molar-refractivity contribution in [3.63, 3.8) is 0 Å². The highest BCUT2D eigenvalue weighted by Gasteiger charge is 2.29. The van der Waals surface area contributed by atoms with Crippen molar-refractivity contribution in [3.05, 3.63) is 0 Å². The molecule has 0 radical (unpaired) electrons. The molecule has 0 rings (SSSR count). The van der Waals surface area contributed by atoms with Gasteiger partial charge in [0.25, 0.3) is 0 Å². The lowest BCUT2D eigenvalue weighted by atomic mass is 9.96. The molecule has 15 heavy (non-hydrogen) atoms. The van der Waals surface area contributed by atoms with Gasteiger partial charge in [-0.05, 0) is 41.0 Å². The average Bonchev–Trinajstić information content (AvgIpc) is 2.01. The number of carbonyl (C=O) groups is 1. The van der Waals surface area contributed by atoms with Gasteiger partial charge in [-0.3, -0.25) is 4.79 Å². The van der Waals surface area contributed by atoms with Gasteiger partial charge < -0.3 is 15.8 Å². The Morgan fingerprint density at radius 2 is 1.87 bits per heavy atom. The predicted molar refractivity (Wildman–Crippen MR) is 61.6 cm³/mol. The zero-order chi connectivity index (χ0) is 12.3. The standard InChI is InChI=1S/C11H24N2O2/c1-8(7-10(2,3)15-6)13-11(4,5)9(12)14/h8,13H,7H2,1-6H3,(H2,12,14). The monoisotopic (exact) mass is 216 g/mol. The summed E-state index contributed by atoms with van der Waals surface area (Å²) in [7, 11) is 1.69. The second-order valence-corrected chi connectivity index (χ2v) is 5.20. The Hall–Kier alpha value is -0.610. The first-order chi connectivity index (χ1) is 6.60. The van der Waals surface area contributed by atoms with Gasteiger partial charge in [-0.25, -0.2) is 0 Å². The first kappa shape index (κ1) is 14.4. The van der Waals surface area contributed by atoms with Gasteiger partial charge in [-0.1, -0.05) is 0 Å². The molecule has 90 valence electrons. The molecule has 1 amide bonds. The molecule has 0 aliphatic heterocycles. The van der Waals surface area contributed by atoms with E-state index in [4.69, 9.17) is 10.5 Å². The van der Waals surface area contributed by atoms with Crippen LogP contribution in [0, 0.1) is 0 Å². The minimum Gasteiger partial charge on any atom is -0.379 e. The summed E-state index contributed by atoms with van der Waals surface area (Å²) < 4.78 is 5.33. The lowest BCUT2D eigenvalue weighted by Gasteiger charge is -2.32. The minimum atomic E-state index is -0.677. The summed E-state index contributed by atoms with van der Waals surface area (Å²) in [5.41, 5.74) is 4.41. The molecule has 0 saturated heterocycles. The van der Waals surface area contributed by atoms with Gasteiger partial charge in [-0.15, -0.1) is 0 Å². The van der Waals surface area contributed by atoms with E-state index < -0.39 is 5.54 Å². The van der Waals surface area contributed by atoms with Crippen LogP contribution in [0.25, 0.3) is 0 Å². The smallest absolute Gasteiger partial charge is 0.237 e. The third-order valence-corrected chi connectivity index (χ3v) is 2.57. The minimum absolute atomic E-state index is 0.169. The van der Waals surface area contributed by atoms with Crippen LogP contribution >= 0.6 is 0 Å². The van der Waals surface area contributed by atoms with E-state index >= 15 is 0 Å². The maximum atomic E-state index is 11.1. The van der Waals surface area contributed by atoms with Crippen molar-refractivity contribution < 1.29 is 9.53 Å². The van der Waals surface area contributed by atoms with Gasteiger partial charge in [0.05, 0.1) is 11.1 Å². The summed E-state index contributed by atoms with van der Waals surface area (Å²) in [4.78, 5) is 11.1. The van der Waals surface area contributed by atoms with Gasteiger partial charge in [-0.2, -0.15) is 0 Å². The molecule has 0 fully saturated rings. The number of hydrogen-bond donors (Lipinski definition) is 2. The summed E-state index contributed by atoms with van der Waals surface area (Å²) in [6, 6.07) is 0.169. The number of nitrogens with two attached hydrogens (primary N) is 1. The summed E-state index contributed by atoms with van der Waals surface area (Å²) in [5.74, 6) is -0.343. The van der Waals surface area contributed by atoms with Crippen LogP contribution in [-0.4, -0.2) is 30.2 Å². The SMILES string of the molecule is COC(C)(C)CC(C)NC(C)(C)C(N)=O. The molecular formula is C11H24N2O2. The van der Waals surface area contributed by atoms with Crippen molar-refractivity contribution in [1.82, 2.24) is 5.32 Å². The molecule has 0 aromatic carbocycles. The normalized spacial score (nSPS) is 15.1. The molecule has 0 aliphatic carbocycles. The lowest BCUT2D eigenvalue weighted by molar-refractivity contribution is -0.123. The first-order valence-corrected chi connectivity index (χ1v) is 5.23. The number of hydrogen-bond acceptors (Lipinski definition) is 3. The molecule has 4 heteroatoms. The lowest BCUT2D eigenvalue weighted by Crippen LogP contribution is -2.55. The molecule has 0 saturated carbocycles. The van der Waals surface area contributed by atoms with Crippen LogP contribution < -0.4 is 11.1 Å². The molecule has 0 aromatic heterocycles. The van der Waals surface area contributed by atoms with Crippen LogP contribution in [-0.2, 0) is 9.53 Å². The highest BCUT2D eigenvalue weighted by molar-refractivity contribution is 5.83. The molecule has 1 atom stereocenters. The fourth-order valence-corrected chi connectivity index (χ4v) is 1.56. The molecule has 0 bridgehead atoms. The maximum absolute atomic E-state index is 11.1. The maximum Gasteiger partial charge on any atom is 0.237 e. The largest absolute Gasteiger partial charge is 0.379 e. The molecular weight excluding hydrogens is 192 g/mol. The zero-order valence-corrected chi connectivity index (χ0v) is 10.7. The molecule has 0 spiro atoms. The Balaban J connectivity index is 4.26. The number of rotatable bonds is 6. The van der Waals surface area contributed by atoms with E-state index in [1.807, 2.05) is 20.8 Å². The number of methoxy groups -OCH3 is 1. The second kappa shape index (κ2) is 4.94. The van der Waals surface area contributed by atoms with Crippen molar-refractivity contribution >= 4 is 5.91 Å². The zero-order valence-electron chi connectivity index (χ0n) is 10.7. The van der Waals surface area contributed by atoms with Crippen molar-refractivity contribution in [2.75, 3.05) is 7.11 Å². The van der Waals surface area contributed by atoms with E-state index in [-0.39, 0.29) is 17.6 Å². The van der Waals surface area contributed by atoms with Gasteiger partial charge >= 0.3 is 0 Å². The summed E-state index contributed by atoms with van der Waals surface area (Å²) in [6.45, 7) is 9.62. The van der Waals surface area contributed by atoms with Crippen LogP contribution in [0.5, 0.6) is 0 Å². The van der Waals surface area contributed by atoms with E-state index in [9.17, 15) is 4.79 Å². The highest BCUT2D eigenvalue weighted by Crippen LogP contribution is 2.17. The Labute approximate surface area is 92.6 Å². The topological polar surface area (TPSA) is 64.3 Å². The Morgan fingerprint density at radius 1 is 1.40 bits per heavy atom. The van der Waals surface area contributed by atoms with Gasteiger partial charge in [0, 0.05) is 13.2 Å². The third-order valence-electron chi connectivity index (χ3n) is 2.57. The Bertz CT molecular complexity index is 225. The summed E-state index contributed by atoms with van der Waals surface area (Å²) in [5, 5.41) is 3.19. The van der Waals surface area contributed by atoms with Crippen LogP contribution in [0.4, 0.5) is 0 Å². The molecule has 0 aromatic rings. The third kappa shape index (κ3) is 5.14. The Kier molecular flexibility index (Phi) is 4.74. The second-order valence-electron chi connectivity index (χ2n) is 5.20. The number of ether oxygens (including phenoxy) is 1. The summed E-state index contributed by atoms with van der Waals surface area (Å²) in [6.07, 6.45) is 0.820. The fraction of sp³-hybridized carbons (Fsp3) is 0.909. The number of primary amides is 1. The first-order valence-electron chi connectivity index (χ1n) is 5.23. The van der Waals surface area contributed by atoms with E-state index in [0.29, 0.717) is 0 Å². The van der Waals surface area contributed by atoms with E-state index in [2.05, 4.69) is 5.32 Å². The van der Waals surface area contributed by atoms with Crippen LogP contribution in [0.2, 0.25) is 0 Å². The van der Waals surface area contributed by atoms with E-state index in [1.54, 1.807) is 21.0 Å². The Morgan fingerprint density at radius 3 is 2.20 bits per heavy atom. The van der Waals surface area contributed by atoms with Gasteiger partial charge in [0.2, 0.25) is 5.91 Å². The van der Waals surface area contributed by atoms with E-state index in [0.717, 1.165) is 6.42 Å². The van der Waals surface area contributed by atoms with E-state index in [1.165, 1.54) is 0 Å². The number of carbonyl (C=O) groups excluding carboxylic acids is 1. The quantitative estimate of drug-likeness (QED) is 0.697. The van der Waals surface area contributed by atoms with Crippen LogP contribution in [0.1, 0.15) is 41.0 Å². The molecule has 1 unspecified atom stereocenters. The van der Waals surface area contributed by atoms with Crippen molar-refractivity contribution in [1.29, 1.82) is 0 Å². The van der Waals surface area contributed by atoms with Gasteiger partial charge in [0.1, 0.15) is 0 Å². The highest BCUT2D eigenvalue weighted by atomic mass is 16.5. The number of amides is 1. The van der Waals surface area contributed by atoms with Crippen molar-refractivity contribution in [3.8, 4) is 0 Å². The van der Waals surface area contributed by atoms with Crippen LogP contribution in [0.15, 0.2) is 0 Å². The fourth-order valence-electron chi connectivity index (χ4n) is 1.56. The van der Waals surface area contributed by atoms with Crippen molar-refractivity contribution in [2.45, 2.75) is 58.2 Å². The predicted octanol–water partition coefficient (Wildman–Crippen LogP) is 1.04. The van der Waals surface area contributed by atoms with Crippen LogP contribution in [0.3, 0.4) is 0 Å². The summed E-state index contributed by atoms with van der Waals surface area (Å²) >= 11 is 0.